The fourth-order valence-electron chi connectivity index (χ4n) is 9.95. The zero-order chi connectivity index (χ0) is 27.2. The number of carbonyl (C=O) groups is 2. The lowest BCUT2D eigenvalue weighted by atomic mass is 9.42. The Kier molecular flexibility index (Phi) is 8.08. The van der Waals surface area contributed by atoms with E-state index in [0.717, 1.165) is 37.0 Å². The fourth-order valence-corrected chi connectivity index (χ4v) is 9.95. The molecule has 6 heteroatoms. The third kappa shape index (κ3) is 4.84. The number of nitrogens with zero attached hydrogens (tertiary/aromatic N) is 1. The van der Waals surface area contributed by atoms with Crippen molar-refractivity contribution in [2.75, 3.05) is 0 Å². The summed E-state index contributed by atoms with van der Waals surface area (Å²) in [6.45, 7) is 14.8. The molecular formula is C31H51NO5. The van der Waals surface area contributed by atoms with E-state index >= 15 is 0 Å². The van der Waals surface area contributed by atoms with Gasteiger partial charge in [-0.25, -0.2) is 0 Å². The van der Waals surface area contributed by atoms with E-state index in [9.17, 15) is 14.8 Å². The number of esters is 2. The number of hydrogen-bond acceptors (Lipinski definition) is 6. The molecule has 0 bridgehead atoms. The van der Waals surface area contributed by atoms with E-state index in [4.69, 9.17) is 9.47 Å². The zero-order valence-corrected chi connectivity index (χ0v) is 24.3. The molecule has 5 unspecified atom stereocenters. The average molecular weight is 518 g/mol. The van der Waals surface area contributed by atoms with Crippen LogP contribution < -0.4 is 0 Å². The number of fused-ring (bicyclic) bond motifs is 5. The van der Waals surface area contributed by atoms with E-state index in [-0.39, 0.29) is 23.5 Å². The summed E-state index contributed by atoms with van der Waals surface area (Å²) in [6, 6.07) is 0. The molecule has 210 valence electrons. The van der Waals surface area contributed by atoms with E-state index in [1.807, 2.05) is 0 Å². The maximum atomic E-state index is 12.5. The van der Waals surface area contributed by atoms with Crippen LogP contribution in [0.25, 0.3) is 0 Å². The van der Waals surface area contributed by atoms with Crippen LogP contribution in [0.2, 0.25) is 0 Å². The summed E-state index contributed by atoms with van der Waals surface area (Å²) in [7, 11) is 0. The summed E-state index contributed by atoms with van der Waals surface area (Å²) in [4.78, 5) is 24.3. The molecule has 0 amide bonds. The van der Waals surface area contributed by atoms with Crippen molar-refractivity contribution < 1.29 is 24.3 Å². The molecular weight excluding hydrogens is 466 g/mol. The van der Waals surface area contributed by atoms with Gasteiger partial charge < -0.3 is 14.7 Å². The zero-order valence-electron chi connectivity index (χ0n) is 24.3. The highest BCUT2D eigenvalue weighted by Gasteiger charge is 2.69. The maximum absolute atomic E-state index is 12.5. The molecule has 37 heavy (non-hydrogen) atoms. The molecule has 0 aromatic carbocycles. The minimum atomic E-state index is -1.02. The molecule has 0 saturated heterocycles. The van der Waals surface area contributed by atoms with E-state index in [2.05, 4.69) is 39.8 Å². The second kappa shape index (κ2) is 10.5. The van der Waals surface area contributed by atoms with Gasteiger partial charge in [0, 0.05) is 25.7 Å². The van der Waals surface area contributed by atoms with Gasteiger partial charge in [0.25, 0.3) is 0 Å². The lowest BCUT2D eigenvalue weighted by Crippen LogP contribution is -2.68. The van der Waals surface area contributed by atoms with Crippen LogP contribution in [0, 0.1) is 46.3 Å². The number of ether oxygens (including phenoxy) is 2. The molecule has 4 aliphatic rings. The molecule has 9 atom stereocenters. The van der Waals surface area contributed by atoms with Gasteiger partial charge >= 0.3 is 11.9 Å². The molecule has 4 rings (SSSR count). The van der Waals surface area contributed by atoms with Crippen molar-refractivity contribution >= 4 is 17.7 Å². The molecule has 0 aromatic heterocycles. The highest BCUT2D eigenvalue weighted by atomic mass is 16.6. The van der Waals surface area contributed by atoms with Crippen LogP contribution in [0.3, 0.4) is 0 Å². The summed E-state index contributed by atoms with van der Waals surface area (Å²) in [5.41, 5.74) is -0.474. The van der Waals surface area contributed by atoms with Crippen molar-refractivity contribution in [3.63, 3.8) is 0 Å². The lowest BCUT2D eigenvalue weighted by molar-refractivity contribution is -0.204. The van der Waals surface area contributed by atoms with Gasteiger partial charge in [0.15, 0.2) is 5.60 Å². The minimum absolute atomic E-state index is 0.311. The van der Waals surface area contributed by atoms with Gasteiger partial charge in [0.05, 0.1) is 0 Å². The topological polar surface area (TPSA) is 85.2 Å². The Bertz CT molecular complexity index is 900. The van der Waals surface area contributed by atoms with Crippen molar-refractivity contribution in [3.05, 3.63) is 0 Å². The molecule has 4 fully saturated rings. The van der Waals surface area contributed by atoms with E-state index in [1.54, 1.807) is 0 Å². The van der Waals surface area contributed by atoms with Crippen molar-refractivity contribution in [2.24, 2.45) is 51.5 Å². The largest absolute Gasteiger partial charge is 0.462 e. The van der Waals surface area contributed by atoms with Crippen molar-refractivity contribution in [1.29, 1.82) is 0 Å². The summed E-state index contributed by atoms with van der Waals surface area (Å²) < 4.78 is 11.8. The van der Waals surface area contributed by atoms with Crippen molar-refractivity contribution in [2.45, 2.75) is 131 Å². The SMILES string of the molecule is CC(=O)OC1CC[C@]2(C)C3CC[C@@]4(C)C(CC[C@@H]4C(C)CCCC(C)C)C3C/C(=N\O)[C@@]2(OC(C)=O)C1. The molecule has 0 radical (unpaired) electrons. The smallest absolute Gasteiger partial charge is 0.303 e. The van der Waals surface area contributed by atoms with Crippen LogP contribution in [0.4, 0.5) is 0 Å². The van der Waals surface area contributed by atoms with Crippen LogP contribution in [-0.4, -0.2) is 34.6 Å². The van der Waals surface area contributed by atoms with Gasteiger partial charge in [0.2, 0.25) is 0 Å². The Hall–Kier alpha value is -1.59. The number of oxime groups is 1. The van der Waals surface area contributed by atoms with Gasteiger partial charge in [0.1, 0.15) is 11.8 Å². The summed E-state index contributed by atoms with van der Waals surface area (Å²) >= 11 is 0. The Morgan fingerprint density at radius 1 is 1.00 bits per heavy atom. The van der Waals surface area contributed by atoms with Crippen LogP contribution in [0.15, 0.2) is 5.16 Å². The molecule has 0 spiro atoms. The molecule has 1 N–H and O–H groups in total. The number of hydrogen-bond donors (Lipinski definition) is 1. The Morgan fingerprint density at radius 2 is 1.73 bits per heavy atom. The number of carbonyl (C=O) groups excluding carboxylic acids is 2. The van der Waals surface area contributed by atoms with Gasteiger partial charge in [-0.15, -0.1) is 0 Å². The van der Waals surface area contributed by atoms with Gasteiger partial charge in [-0.05, 0) is 85.9 Å². The average Bonchev–Trinajstić information content (AvgIpc) is 3.15. The standard InChI is InChI=1S/C31H51NO5/c1-19(2)9-8-10-20(3)25-11-12-26-24-17-28(32-35)31(37-22(5)34)18-23(36-21(4)33)13-16-30(31,7)27(24)14-15-29(25,26)6/h19-20,23-27,35H,8-18H2,1-7H3/b32-28+/t20?,23?,24?,25-,26?,27?,29-,30-,31+/m1/s1. The maximum Gasteiger partial charge on any atom is 0.303 e. The first-order valence-electron chi connectivity index (χ1n) is 15.0. The van der Waals surface area contributed by atoms with Crippen LogP contribution in [-0.2, 0) is 19.1 Å². The monoisotopic (exact) mass is 517 g/mol. The summed E-state index contributed by atoms with van der Waals surface area (Å²) in [6.07, 6.45) is 11.0. The first-order chi connectivity index (χ1) is 17.4. The van der Waals surface area contributed by atoms with Crippen molar-refractivity contribution in [1.82, 2.24) is 0 Å². The fraction of sp³-hybridized carbons (Fsp3) is 0.903. The van der Waals surface area contributed by atoms with Gasteiger partial charge in [-0.1, -0.05) is 59.0 Å². The second-order valence-electron chi connectivity index (χ2n) is 14.0. The predicted molar refractivity (Wildman–Crippen MR) is 144 cm³/mol. The normalized spacial score (nSPS) is 43.0. The first-order valence-corrected chi connectivity index (χ1v) is 15.0. The Balaban J connectivity index is 1.63. The highest BCUT2D eigenvalue weighted by Crippen LogP contribution is 2.69. The van der Waals surface area contributed by atoms with Crippen molar-refractivity contribution in [3.8, 4) is 0 Å². The molecule has 0 heterocycles. The molecule has 6 nitrogen and oxygen atoms in total. The van der Waals surface area contributed by atoms with E-state index < -0.39 is 5.60 Å². The number of rotatable bonds is 7. The predicted octanol–water partition coefficient (Wildman–Crippen LogP) is 7.17. The third-order valence-corrected chi connectivity index (χ3v) is 11.5. The lowest BCUT2D eigenvalue weighted by Gasteiger charge is -2.64. The van der Waals surface area contributed by atoms with Crippen LogP contribution >= 0.6 is 0 Å². The van der Waals surface area contributed by atoms with Gasteiger partial charge in [-0.3, -0.25) is 9.59 Å². The highest BCUT2D eigenvalue weighted by molar-refractivity contribution is 5.96. The van der Waals surface area contributed by atoms with E-state index in [0.29, 0.717) is 41.7 Å². The Morgan fingerprint density at radius 3 is 2.35 bits per heavy atom. The minimum Gasteiger partial charge on any atom is -0.462 e. The van der Waals surface area contributed by atoms with Gasteiger partial charge in [-0.2, -0.15) is 0 Å². The molecule has 4 aliphatic carbocycles. The summed E-state index contributed by atoms with van der Waals surface area (Å²) in [5, 5.41) is 14.2. The third-order valence-electron chi connectivity index (χ3n) is 11.5. The van der Waals surface area contributed by atoms with E-state index in [1.165, 1.54) is 52.4 Å². The molecule has 0 aliphatic heterocycles. The molecule has 0 aromatic rings. The summed E-state index contributed by atoms with van der Waals surface area (Å²) in [5.74, 6) is 2.96. The molecule has 4 saturated carbocycles. The Labute approximate surface area is 224 Å². The second-order valence-corrected chi connectivity index (χ2v) is 14.0. The van der Waals surface area contributed by atoms with Crippen LogP contribution in [0.1, 0.15) is 119 Å². The van der Waals surface area contributed by atoms with Crippen LogP contribution in [0.5, 0.6) is 0 Å². The first kappa shape index (κ1) is 28.4. The quantitative estimate of drug-likeness (QED) is 0.220.